The van der Waals surface area contributed by atoms with E-state index in [1.807, 2.05) is 11.8 Å². The molecule has 134 valence electrons. The van der Waals surface area contributed by atoms with Gasteiger partial charge in [0.25, 0.3) is 5.91 Å². The van der Waals surface area contributed by atoms with E-state index in [-0.39, 0.29) is 23.4 Å². The van der Waals surface area contributed by atoms with Crippen LogP contribution in [0.4, 0.5) is 4.79 Å². The van der Waals surface area contributed by atoms with E-state index in [0.29, 0.717) is 6.54 Å². The Bertz CT molecular complexity index is 495. The van der Waals surface area contributed by atoms with E-state index < -0.39 is 0 Å². The van der Waals surface area contributed by atoms with Crippen LogP contribution < -0.4 is 0 Å². The van der Waals surface area contributed by atoms with Crippen molar-refractivity contribution in [3.63, 3.8) is 0 Å². The number of carbonyl (C=O) groups excluding carboxylic acids is 2. The first-order valence-electron chi connectivity index (χ1n) is 9.57. The Morgan fingerprint density at radius 3 is 2.33 bits per heavy atom. The monoisotopic (exact) mass is 334 g/mol. The van der Waals surface area contributed by atoms with Gasteiger partial charge in [-0.15, -0.1) is 0 Å². The predicted molar refractivity (Wildman–Crippen MR) is 91.7 cm³/mol. The van der Waals surface area contributed by atoms with Gasteiger partial charge < -0.3 is 14.7 Å². The maximum atomic E-state index is 12.4. The minimum absolute atomic E-state index is 0.0390. The van der Waals surface area contributed by atoms with Gasteiger partial charge in [-0.2, -0.15) is 0 Å². The van der Waals surface area contributed by atoms with Gasteiger partial charge in [0.2, 0.25) is 0 Å². The molecule has 4 heterocycles. The van der Waals surface area contributed by atoms with E-state index in [4.69, 9.17) is 0 Å². The molecule has 4 fully saturated rings. The Labute approximate surface area is 144 Å². The number of urea groups is 1. The van der Waals surface area contributed by atoms with Gasteiger partial charge >= 0.3 is 6.03 Å². The maximum Gasteiger partial charge on any atom is 0.327 e. The molecule has 6 nitrogen and oxygen atoms in total. The second-order valence-corrected chi connectivity index (χ2v) is 8.28. The molecule has 6 heteroatoms. The summed E-state index contributed by atoms with van der Waals surface area (Å²) in [6, 6.07) is 0.507. The quantitative estimate of drug-likeness (QED) is 0.713. The van der Waals surface area contributed by atoms with Gasteiger partial charge in [0.15, 0.2) is 0 Å². The molecule has 0 aliphatic carbocycles. The zero-order valence-corrected chi connectivity index (χ0v) is 15.0. The first-order chi connectivity index (χ1) is 11.5. The van der Waals surface area contributed by atoms with E-state index in [1.54, 1.807) is 0 Å². The number of imide groups is 1. The van der Waals surface area contributed by atoms with Gasteiger partial charge in [0.1, 0.15) is 6.04 Å². The molecule has 0 N–H and O–H groups in total. The number of piperidine rings is 2. The van der Waals surface area contributed by atoms with Crippen LogP contribution in [-0.2, 0) is 4.79 Å². The molecule has 0 aromatic carbocycles. The molecule has 1 atom stereocenters. The number of likely N-dealkylation sites (N-methyl/N-ethyl adjacent to an activating group) is 1. The van der Waals surface area contributed by atoms with E-state index in [9.17, 15) is 9.59 Å². The third-order valence-electron chi connectivity index (χ3n) is 6.92. The Morgan fingerprint density at radius 2 is 1.75 bits per heavy atom. The van der Waals surface area contributed by atoms with Crippen LogP contribution in [0.15, 0.2) is 0 Å². The van der Waals surface area contributed by atoms with Crippen molar-refractivity contribution in [2.45, 2.75) is 51.1 Å². The highest BCUT2D eigenvalue weighted by Crippen LogP contribution is 2.46. The minimum atomic E-state index is -0.174. The average Bonchev–Trinajstić information content (AvgIpc) is 3.05. The van der Waals surface area contributed by atoms with Crippen LogP contribution in [0.5, 0.6) is 0 Å². The number of hydrogen-bond donors (Lipinski definition) is 0. The lowest BCUT2D eigenvalue weighted by Crippen LogP contribution is -2.50. The first-order valence-corrected chi connectivity index (χ1v) is 9.57. The van der Waals surface area contributed by atoms with Crippen molar-refractivity contribution in [1.29, 1.82) is 0 Å². The second-order valence-electron chi connectivity index (χ2n) is 8.28. The molecule has 0 aromatic rings. The van der Waals surface area contributed by atoms with Gasteiger partial charge in [0.05, 0.1) is 0 Å². The summed E-state index contributed by atoms with van der Waals surface area (Å²) in [4.78, 5) is 33.2. The summed E-state index contributed by atoms with van der Waals surface area (Å²) >= 11 is 0. The zero-order chi connectivity index (χ0) is 16.9. The molecule has 0 radical (unpaired) electrons. The molecule has 0 bridgehead atoms. The molecule has 0 saturated carbocycles. The second kappa shape index (κ2) is 5.99. The van der Waals surface area contributed by atoms with Crippen LogP contribution in [0.3, 0.4) is 0 Å². The largest absolute Gasteiger partial charge is 0.327 e. The van der Waals surface area contributed by atoms with Crippen LogP contribution in [-0.4, -0.2) is 89.9 Å². The Balaban J connectivity index is 1.37. The van der Waals surface area contributed by atoms with Gasteiger partial charge in [0, 0.05) is 19.1 Å². The molecule has 1 spiro atoms. The number of nitrogens with zero attached hydrogens (tertiary/aromatic N) is 4. The third kappa shape index (κ3) is 2.54. The van der Waals surface area contributed by atoms with Gasteiger partial charge in [-0.3, -0.25) is 9.69 Å². The van der Waals surface area contributed by atoms with Crippen LogP contribution in [0, 0.1) is 5.41 Å². The lowest BCUT2D eigenvalue weighted by Gasteiger charge is -2.44. The highest BCUT2D eigenvalue weighted by molar-refractivity contribution is 6.04. The number of fused-ring (bicyclic) bond motifs is 1. The number of rotatable bonds is 2. The summed E-state index contributed by atoms with van der Waals surface area (Å²) < 4.78 is 0. The smallest absolute Gasteiger partial charge is 0.312 e. The van der Waals surface area contributed by atoms with Gasteiger partial charge in [-0.05, 0) is 77.7 Å². The average molecular weight is 334 g/mol. The fourth-order valence-corrected chi connectivity index (χ4v) is 5.28. The number of carbonyl (C=O) groups is 2. The van der Waals surface area contributed by atoms with E-state index in [1.165, 1.54) is 30.8 Å². The standard InChI is InChI=1S/C18H30N4O2/c1-3-21-16(23)15-12-18(13-22(15)17(21)24)6-10-20(11-7-18)14-4-8-19(2)9-5-14/h14-15H,3-13H2,1-2H3. The summed E-state index contributed by atoms with van der Waals surface area (Å²) in [5.41, 5.74) is 0.192. The molecule has 3 amide bonds. The molecule has 4 saturated heterocycles. The molecule has 24 heavy (non-hydrogen) atoms. The van der Waals surface area contributed by atoms with Crippen molar-refractivity contribution in [3.05, 3.63) is 0 Å². The maximum absolute atomic E-state index is 12.4. The third-order valence-corrected chi connectivity index (χ3v) is 6.92. The van der Waals surface area contributed by atoms with Crippen LogP contribution in [0.25, 0.3) is 0 Å². The van der Waals surface area contributed by atoms with E-state index >= 15 is 0 Å². The molecular weight excluding hydrogens is 304 g/mol. The number of hydrogen-bond acceptors (Lipinski definition) is 4. The summed E-state index contributed by atoms with van der Waals surface area (Å²) in [6.07, 6.45) is 5.72. The molecule has 0 aromatic heterocycles. The van der Waals surface area contributed by atoms with Crippen molar-refractivity contribution < 1.29 is 9.59 Å². The van der Waals surface area contributed by atoms with Crippen LogP contribution in [0.2, 0.25) is 0 Å². The SMILES string of the molecule is CCN1C(=O)C2CC3(CCN(C4CCN(C)CC4)CC3)CN2C1=O. The summed E-state index contributed by atoms with van der Waals surface area (Å²) in [7, 11) is 2.21. The summed E-state index contributed by atoms with van der Waals surface area (Å²) in [6.45, 7) is 7.86. The molecule has 4 aliphatic heterocycles. The fraction of sp³-hybridized carbons (Fsp3) is 0.889. The summed E-state index contributed by atoms with van der Waals surface area (Å²) in [5.74, 6) is 0.0390. The van der Waals surface area contributed by atoms with Crippen molar-refractivity contribution in [2.24, 2.45) is 5.41 Å². The Kier molecular flexibility index (Phi) is 4.07. The van der Waals surface area contributed by atoms with Crippen molar-refractivity contribution in [2.75, 3.05) is 46.3 Å². The van der Waals surface area contributed by atoms with Crippen molar-refractivity contribution in [1.82, 2.24) is 19.6 Å². The first kappa shape index (κ1) is 16.3. The highest BCUT2D eigenvalue weighted by atomic mass is 16.2. The van der Waals surface area contributed by atoms with Gasteiger partial charge in [-0.1, -0.05) is 0 Å². The van der Waals surface area contributed by atoms with Gasteiger partial charge in [-0.25, -0.2) is 4.79 Å². The van der Waals surface area contributed by atoms with Crippen LogP contribution in [0.1, 0.15) is 39.0 Å². The number of amides is 3. The topological polar surface area (TPSA) is 47.1 Å². The predicted octanol–water partition coefficient (Wildman–Crippen LogP) is 1.22. The molecule has 4 aliphatic rings. The lowest BCUT2D eigenvalue weighted by atomic mass is 9.76. The number of likely N-dealkylation sites (tertiary alicyclic amines) is 2. The van der Waals surface area contributed by atoms with E-state index in [2.05, 4.69) is 16.8 Å². The fourth-order valence-electron chi connectivity index (χ4n) is 5.28. The minimum Gasteiger partial charge on any atom is -0.312 e. The molecule has 4 rings (SSSR count). The normalized spacial score (nSPS) is 32.2. The Morgan fingerprint density at radius 1 is 1.08 bits per heavy atom. The van der Waals surface area contributed by atoms with Crippen molar-refractivity contribution in [3.8, 4) is 0 Å². The zero-order valence-electron chi connectivity index (χ0n) is 15.0. The van der Waals surface area contributed by atoms with E-state index in [0.717, 1.165) is 44.9 Å². The van der Waals surface area contributed by atoms with Crippen LogP contribution >= 0.6 is 0 Å². The molecular formula is C18H30N4O2. The Hall–Kier alpha value is -1.14. The highest BCUT2D eigenvalue weighted by Gasteiger charge is 2.56. The van der Waals surface area contributed by atoms with Crippen molar-refractivity contribution >= 4 is 11.9 Å². The molecule has 1 unspecified atom stereocenters. The summed E-state index contributed by atoms with van der Waals surface area (Å²) in [5, 5.41) is 0. The lowest BCUT2D eigenvalue weighted by molar-refractivity contribution is -0.128.